The third-order valence-corrected chi connectivity index (χ3v) is 12.0. The van der Waals surface area contributed by atoms with Gasteiger partial charge in [-0.25, -0.2) is 0 Å². The van der Waals surface area contributed by atoms with Crippen LogP contribution in [0.5, 0.6) is 0 Å². The van der Waals surface area contributed by atoms with Crippen LogP contribution in [0.4, 0.5) is 0 Å². The number of rotatable bonds is 6. The zero-order valence-corrected chi connectivity index (χ0v) is 20.3. The lowest BCUT2D eigenvalue weighted by Crippen LogP contribution is -2.57. The number of methoxy groups -OCH3 is 1. The summed E-state index contributed by atoms with van der Waals surface area (Å²) < 4.78 is 6.30. The summed E-state index contributed by atoms with van der Waals surface area (Å²) in [5, 5.41) is 0. The lowest BCUT2D eigenvalue weighted by molar-refractivity contribution is -0.161. The Kier molecular flexibility index (Phi) is 5.02. The fraction of sp³-hybridized carbons (Fsp3) is 1.00. The molecule has 0 unspecified atom stereocenters. The Morgan fingerprint density at radius 3 is 2.41 bits per heavy atom. The molecule has 0 bridgehead atoms. The van der Waals surface area contributed by atoms with Gasteiger partial charge in [0.15, 0.2) is 0 Å². The molecule has 5 fully saturated rings. The molecule has 0 aromatic rings. The van der Waals surface area contributed by atoms with E-state index in [4.69, 9.17) is 4.74 Å². The molecular formula is C28H48O. The highest BCUT2D eigenvalue weighted by molar-refractivity contribution is 5.26. The van der Waals surface area contributed by atoms with E-state index < -0.39 is 0 Å². The number of hydrogen-bond acceptors (Lipinski definition) is 1. The summed E-state index contributed by atoms with van der Waals surface area (Å²) in [4.78, 5) is 0. The highest BCUT2D eigenvalue weighted by Crippen LogP contribution is 2.82. The van der Waals surface area contributed by atoms with Crippen molar-refractivity contribution in [3.63, 3.8) is 0 Å². The smallest absolute Gasteiger partial charge is 0.0638 e. The van der Waals surface area contributed by atoms with Gasteiger partial charge in [-0.3, -0.25) is 0 Å². The van der Waals surface area contributed by atoms with Crippen molar-refractivity contribution in [3.8, 4) is 0 Å². The largest absolute Gasteiger partial charge is 0.381 e. The van der Waals surface area contributed by atoms with E-state index in [0.717, 1.165) is 41.4 Å². The summed E-state index contributed by atoms with van der Waals surface area (Å²) in [5.41, 5.74) is 1.78. The molecular weight excluding hydrogens is 352 g/mol. The molecule has 1 nitrogen and oxygen atoms in total. The summed E-state index contributed by atoms with van der Waals surface area (Å²) in [6, 6.07) is 0. The molecule has 0 aliphatic heterocycles. The summed E-state index contributed by atoms with van der Waals surface area (Å²) in [6.45, 7) is 12.8. The van der Waals surface area contributed by atoms with Crippen LogP contribution >= 0.6 is 0 Å². The van der Waals surface area contributed by atoms with Crippen LogP contribution in [0.3, 0.4) is 0 Å². The zero-order chi connectivity index (χ0) is 20.6. The van der Waals surface area contributed by atoms with Crippen molar-refractivity contribution < 1.29 is 4.74 Å². The third-order valence-electron chi connectivity index (χ3n) is 12.0. The van der Waals surface area contributed by atoms with E-state index in [-0.39, 0.29) is 0 Å². The summed E-state index contributed by atoms with van der Waals surface area (Å²) in [5.74, 6) is 6.68. The van der Waals surface area contributed by atoms with Crippen molar-refractivity contribution in [2.24, 2.45) is 57.7 Å². The fourth-order valence-corrected chi connectivity index (χ4v) is 10.6. The predicted molar refractivity (Wildman–Crippen MR) is 122 cm³/mol. The molecule has 0 saturated heterocycles. The SMILES string of the molecule is CO[C@@H]1C[C@@H]2[C@@H]3CC[C@H]([C@H](C)CCCC(C)C)[C@]3(C)CC[C@@H]2[C@@]2(C)CC[C@@H]3C[C@]312. The van der Waals surface area contributed by atoms with Gasteiger partial charge < -0.3 is 4.74 Å². The maximum absolute atomic E-state index is 6.30. The molecule has 5 saturated carbocycles. The van der Waals surface area contributed by atoms with E-state index in [1.807, 2.05) is 7.11 Å². The second-order valence-electron chi connectivity index (χ2n) is 13.3. The number of hydrogen-bond donors (Lipinski definition) is 0. The van der Waals surface area contributed by atoms with Crippen LogP contribution in [0.25, 0.3) is 0 Å². The minimum Gasteiger partial charge on any atom is -0.381 e. The minimum absolute atomic E-state index is 0.561. The Morgan fingerprint density at radius 1 is 0.931 bits per heavy atom. The van der Waals surface area contributed by atoms with Gasteiger partial charge in [-0.2, -0.15) is 0 Å². The van der Waals surface area contributed by atoms with Crippen molar-refractivity contribution in [1.29, 1.82) is 0 Å². The molecule has 0 aromatic carbocycles. The van der Waals surface area contributed by atoms with Gasteiger partial charge >= 0.3 is 0 Å². The van der Waals surface area contributed by atoms with E-state index in [2.05, 4.69) is 34.6 Å². The van der Waals surface area contributed by atoms with Crippen LogP contribution in [-0.2, 0) is 4.74 Å². The van der Waals surface area contributed by atoms with Crippen LogP contribution in [0.15, 0.2) is 0 Å². The molecule has 0 amide bonds. The lowest BCUT2D eigenvalue weighted by Gasteiger charge is -2.61. The van der Waals surface area contributed by atoms with Gasteiger partial charge in [0.05, 0.1) is 6.10 Å². The van der Waals surface area contributed by atoms with Crippen LogP contribution in [0.1, 0.15) is 105 Å². The molecule has 29 heavy (non-hydrogen) atoms. The first-order chi connectivity index (χ1) is 13.8. The molecule has 0 radical (unpaired) electrons. The van der Waals surface area contributed by atoms with E-state index in [9.17, 15) is 0 Å². The average molecular weight is 401 g/mol. The van der Waals surface area contributed by atoms with Crippen LogP contribution in [-0.4, -0.2) is 13.2 Å². The van der Waals surface area contributed by atoms with E-state index >= 15 is 0 Å². The number of fused-ring (bicyclic) bond motifs is 4. The quantitative estimate of drug-likeness (QED) is 0.443. The second kappa shape index (κ2) is 6.98. The van der Waals surface area contributed by atoms with Gasteiger partial charge in [0.2, 0.25) is 0 Å². The minimum atomic E-state index is 0.561. The molecule has 10 atom stereocenters. The molecule has 0 aromatic heterocycles. The maximum Gasteiger partial charge on any atom is 0.0638 e. The van der Waals surface area contributed by atoms with Crippen molar-refractivity contribution in [1.82, 2.24) is 0 Å². The molecule has 5 aliphatic carbocycles. The molecule has 0 N–H and O–H groups in total. The normalized spacial score (nSPS) is 53.9. The molecule has 0 heterocycles. The highest BCUT2D eigenvalue weighted by Gasteiger charge is 2.77. The zero-order valence-electron chi connectivity index (χ0n) is 20.3. The first kappa shape index (κ1) is 20.8. The standard InChI is InChI=1S/C28H48O/c1-18(2)8-7-9-19(3)22-10-11-23-21-16-25(29-6)28-17-20(28)12-15-27(28,5)24(21)13-14-26(22,23)4/h18-25H,7-17H2,1-6H3/t19-,20-,21-,22-,23+,24+,25-,26+,27-,28+/m1/s1. The first-order valence-corrected chi connectivity index (χ1v) is 13.3. The van der Waals surface area contributed by atoms with E-state index in [1.165, 1.54) is 70.6 Å². The molecule has 166 valence electrons. The average Bonchev–Trinajstić information content (AvgIpc) is 3.18. The lowest BCUT2D eigenvalue weighted by atomic mass is 9.45. The predicted octanol–water partition coefficient (Wildman–Crippen LogP) is 7.73. The maximum atomic E-state index is 6.30. The fourth-order valence-electron chi connectivity index (χ4n) is 10.6. The van der Waals surface area contributed by atoms with Crippen molar-refractivity contribution >= 4 is 0 Å². The molecule has 5 aliphatic rings. The Morgan fingerprint density at radius 2 is 1.72 bits per heavy atom. The molecule has 1 spiro atoms. The Balaban J connectivity index is 1.35. The highest BCUT2D eigenvalue weighted by atomic mass is 16.5. The van der Waals surface area contributed by atoms with Gasteiger partial charge in [0.25, 0.3) is 0 Å². The summed E-state index contributed by atoms with van der Waals surface area (Å²) >= 11 is 0. The van der Waals surface area contributed by atoms with Crippen LogP contribution in [0.2, 0.25) is 0 Å². The molecule has 1 heteroatoms. The van der Waals surface area contributed by atoms with Gasteiger partial charge in [-0.05, 0) is 104 Å². The topological polar surface area (TPSA) is 9.23 Å². The summed E-state index contributed by atoms with van der Waals surface area (Å²) in [6.07, 6.45) is 16.8. The summed E-state index contributed by atoms with van der Waals surface area (Å²) in [7, 11) is 2.03. The van der Waals surface area contributed by atoms with Crippen molar-refractivity contribution in [2.75, 3.05) is 7.11 Å². The van der Waals surface area contributed by atoms with Crippen molar-refractivity contribution in [3.05, 3.63) is 0 Å². The monoisotopic (exact) mass is 400 g/mol. The van der Waals surface area contributed by atoms with E-state index in [0.29, 0.717) is 22.3 Å². The van der Waals surface area contributed by atoms with Gasteiger partial charge in [-0.15, -0.1) is 0 Å². The van der Waals surface area contributed by atoms with Crippen LogP contribution in [0, 0.1) is 57.7 Å². The van der Waals surface area contributed by atoms with Crippen LogP contribution < -0.4 is 0 Å². The van der Waals surface area contributed by atoms with Gasteiger partial charge in [0, 0.05) is 12.5 Å². The Labute approximate surface area is 181 Å². The number of ether oxygens (including phenoxy) is 1. The van der Waals surface area contributed by atoms with Gasteiger partial charge in [0.1, 0.15) is 0 Å². The van der Waals surface area contributed by atoms with Crippen molar-refractivity contribution in [2.45, 2.75) is 111 Å². The van der Waals surface area contributed by atoms with Gasteiger partial charge in [-0.1, -0.05) is 53.9 Å². The van der Waals surface area contributed by atoms with E-state index in [1.54, 1.807) is 0 Å². The Hall–Kier alpha value is -0.0400. The Bertz CT molecular complexity index is 626. The molecule has 5 rings (SSSR count). The first-order valence-electron chi connectivity index (χ1n) is 13.3. The third kappa shape index (κ3) is 2.74. The second-order valence-corrected chi connectivity index (χ2v) is 13.3.